The molecular formula is C16H29N5. The lowest BCUT2D eigenvalue weighted by molar-refractivity contribution is 0.337. The van der Waals surface area contributed by atoms with Crippen molar-refractivity contribution in [3.8, 4) is 0 Å². The number of hydrogen-bond donors (Lipinski definition) is 1. The fourth-order valence-electron chi connectivity index (χ4n) is 2.99. The average molecular weight is 291 g/mol. The molecule has 0 saturated carbocycles. The van der Waals surface area contributed by atoms with Crippen LogP contribution in [0.4, 0.5) is 11.6 Å². The van der Waals surface area contributed by atoms with Crippen molar-refractivity contribution >= 4 is 11.6 Å². The Morgan fingerprint density at radius 2 is 1.95 bits per heavy atom. The predicted molar refractivity (Wildman–Crippen MR) is 89.3 cm³/mol. The molecule has 0 bridgehead atoms. The SMILES string of the molecule is CNc1nc(C(C)C)nc(N2CCCN(C)CC2C)c1C. The highest BCUT2D eigenvalue weighted by molar-refractivity contribution is 5.59. The number of hydrogen-bond acceptors (Lipinski definition) is 5. The fourth-order valence-corrected chi connectivity index (χ4v) is 2.99. The molecular weight excluding hydrogens is 262 g/mol. The van der Waals surface area contributed by atoms with Crippen LogP contribution in [0, 0.1) is 6.92 Å². The second-order valence-electron chi connectivity index (χ2n) is 6.44. The number of likely N-dealkylation sites (N-methyl/N-ethyl adjacent to an activating group) is 1. The Balaban J connectivity index is 2.43. The standard InChI is InChI=1S/C16H29N5/c1-11(2)14-18-15(17-5)13(4)16(19-14)21-9-7-8-20(6)10-12(21)3/h11-12H,7-10H2,1-6H3,(H,17,18,19). The maximum absolute atomic E-state index is 4.88. The van der Waals surface area contributed by atoms with E-state index in [1.165, 1.54) is 6.42 Å². The third kappa shape index (κ3) is 3.46. The van der Waals surface area contributed by atoms with Crippen LogP contribution in [0.15, 0.2) is 0 Å². The van der Waals surface area contributed by atoms with Crippen LogP contribution < -0.4 is 10.2 Å². The number of anilines is 2. The molecule has 118 valence electrons. The quantitative estimate of drug-likeness (QED) is 0.927. The highest BCUT2D eigenvalue weighted by Crippen LogP contribution is 2.28. The van der Waals surface area contributed by atoms with Crippen LogP contribution in [0.25, 0.3) is 0 Å². The zero-order valence-electron chi connectivity index (χ0n) is 14.3. The van der Waals surface area contributed by atoms with Crippen LogP contribution in [0.5, 0.6) is 0 Å². The molecule has 5 heteroatoms. The zero-order chi connectivity index (χ0) is 15.6. The zero-order valence-corrected chi connectivity index (χ0v) is 14.3. The fraction of sp³-hybridized carbons (Fsp3) is 0.750. The van der Waals surface area contributed by atoms with Crippen molar-refractivity contribution < 1.29 is 0 Å². The third-order valence-corrected chi connectivity index (χ3v) is 4.21. The summed E-state index contributed by atoms with van der Waals surface area (Å²) < 4.78 is 0. The van der Waals surface area contributed by atoms with E-state index < -0.39 is 0 Å². The number of nitrogens with zero attached hydrogens (tertiary/aromatic N) is 4. The van der Waals surface area contributed by atoms with Gasteiger partial charge >= 0.3 is 0 Å². The molecule has 0 aliphatic carbocycles. The third-order valence-electron chi connectivity index (χ3n) is 4.21. The van der Waals surface area contributed by atoms with Crippen molar-refractivity contribution in [3.05, 3.63) is 11.4 Å². The van der Waals surface area contributed by atoms with Crippen LogP contribution in [0.2, 0.25) is 0 Å². The molecule has 21 heavy (non-hydrogen) atoms. The van der Waals surface area contributed by atoms with Gasteiger partial charge in [-0.25, -0.2) is 9.97 Å². The molecule has 0 spiro atoms. The Labute approximate surface area is 128 Å². The van der Waals surface area contributed by atoms with Gasteiger partial charge in [-0.15, -0.1) is 0 Å². The van der Waals surface area contributed by atoms with Crippen molar-refractivity contribution in [2.75, 3.05) is 43.9 Å². The Kier molecular flexibility index (Phi) is 5.04. The summed E-state index contributed by atoms with van der Waals surface area (Å²) in [5.41, 5.74) is 1.15. The molecule has 1 aliphatic heterocycles. The van der Waals surface area contributed by atoms with Gasteiger partial charge < -0.3 is 15.1 Å². The van der Waals surface area contributed by atoms with Crippen LogP contribution in [0.1, 0.15) is 44.5 Å². The lowest BCUT2D eigenvalue weighted by Gasteiger charge is -2.31. The van der Waals surface area contributed by atoms with Crippen molar-refractivity contribution in [1.82, 2.24) is 14.9 Å². The van der Waals surface area contributed by atoms with Crippen molar-refractivity contribution in [2.24, 2.45) is 0 Å². The Morgan fingerprint density at radius 3 is 2.57 bits per heavy atom. The van der Waals surface area contributed by atoms with Crippen molar-refractivity contribution in [1.29, 1.82) is 0 Å². The highest BCUT2D eigenvalue weighted by atomic mass is 15.3. The van der Waals surface area contributed by atoms with E-state index in [2.05, 4.69) is 54.8 Å². The van der Waals surface area contributed by atoms with E-state index >= 15 is 0 Å². The second kappa shape index (κ2) is 6.60. The number of nitrogens with one attached hydrogen (secondary N) is 1. The first kappa shape index (κ1) is 16.0. The molecule has 1 aliphatic rings. The van der Waals surface area contributed by atoms with Crippen molar-refractivity contribution in [3.63, 3.8) is 0 Å². The van der Waals surface area contributed by atoms with Crippen LogP contribution in [-0.4, -0.2) is 54.6 Å². The predicted octanol–water partition coefficient (Wildman–Crippen LogP) is 2.48. The van der Waals surface area contributed by atoms with E-state index in [0.29, 0.717) is 12.0 Å². The van der Waals surface area contributed by atoms with Gasteiger partial charge in [0.05, 0.1) is 0 Å². The minimum absolute atomic E-state index is 0.335. The van der Waals surface area contributed by atoms with Crippen molar-refractivity contribution in [2.45, 2.75) is 46.1 Å². The minimum atomic E-state index is 0.335. The first-order valence-electron chi connectivity index (χ1n) is 7.95. The smallest absolute Gasteiger partial charge is 0.137 e. The Morgan fingerprint density at radius 1 is 1.24 bits per heavy atom. The molecule has 2 rings (SSSR count). The maximum atomic E-state index is 4.88. The van der Waals surface area contributed by atoms with E-state index in [1.807, 2.05) is 7.05 Å². The molecule has 1 unspecified atom stereocenters. The summed E-state index contributed by atoms with van der Waals surface area (Å²) in [4.78, 5) is 14.4. The summed E-state index contributed by atoms with van der Waals surface area (Å²) in [5.74, 6) is 3.31. The molecule has 0 aromatic carbocycles. The van der Waals surface area contributed by atoms with Gasteiger partial charge in [0, 0.05) is 37.7 Å². The van der Waals surface area contributed by atoms with Gasteiger partial charge in [0.15, 0.2) is 0 Å². The van der Waals surface area contributed by atoms with E-state index in [4.69, 9.17) is 4.98 Å². The monoisotopic (exact) mass is 291 g/mol. The maximum Gasteiger partial charge on any atom is 0.137 e. The number of aromatic nitrogens is 2. The molecule has 0 amide bonds. The second-order valence-corrected chi connectivity index (χ2v) is 6.44. The summed E-state index contributed by atoms with van der Waals surface area (Å²) in [6.07, 6.45) is 1.18. The van der Waals surface area contributed by atoms with Gasteiger partial charge in [0.1, 0.15) is 17.5 Å². The van der Waals surface area contributed by atoms with Gasteiger partial charge in [-0.3, -0.25) is 0 Å². The van der Waals surface area contributed by atoms with Gasteiger partial charge in [0.25, 0.3) is 0 Å². The van der Waals surface area contributed by atoms with Gasteiger partial charge in [-0.05, 0) is 33.9 Å². The van der Waals surface area contributed by atoms with E-state index in [0.717, 1.165) is 42.7 Å². The minimum Gasteiger partial charge on any atom is -0.373 e. The molecule has 1 aromatic rings. The summed E-state index contributed by atoms with van der Waals surface area (Å²) in [7, 11) is 4.13. The Hall–Kier alpha value is -1.36. The molecule has 2 heterocycles. The first-order chi connectivity index (χ1) is 9.93. The average Bonchev–Trinajstić information content (AvgIpc) is 2.59. The molecule has 0 radical (unpaired) electrons. The number of rotatable bonds is 3. The van der Waals surface area contributed by atoms with Gasteiger partial charge in [0.2, 0.25) is 0 Å². The van der Waals surface area contributed by atoms with Crippen LogP contribution >= 0.6 is 0 Å². The topological polar surface area (TPSA) is 44.3 Å². The van der Waals surface area contributed by atoms with E-state index in [1.54, 1.807) is 0 Å². The largest absolute Gasteiger partial charge is 0.373 e. The van der Waals surface area contributed by atoms with Crippen LogP contribution in [-0.2, 0) is 0 Å². The highest BCUT2D eigenvalue weighted by Gasteiger charge is 2.24. The molecule has 1 fully saturated rings. The van der Waals surface area contributed by atoms with Gasteiger partial charge in [-0.2, -0.15) is 0 Å². The summed E-state index contributed by atoms with van der Waals surface area (Å²) in [6.45, 7) is 12.0. The normalized spacial score (nSPS) is 20.7. The lowest BCUT2D eigenvalue weighted by Crippen LogP contribution is -2.39. The first-order valence-corrected chi connectivity index (χ1v) is 7.95. The summed E-state index contributed by atoms with van der Waals surface area (Å²) in [6, 6.07) is 0.468. The summed E-state index contributed by atoms with van der Waals surface area (Å²) >= 11 is 0. The molecule has 1 N–H and O–H groups in total. The van der Waals surface area contributed by atoms with Crippen LogP contribution in [0.3, 0.4) is 0 Å². The Bertz CT molecular complexity index is 486. The van der Waals surface area contributed by atoms with Gasteiger partial charge in [-0.1, -0.05) is 13.8 Å². The lowest BCUT2D eigenvalue weighted by atomic mass is 10.1. The van der Waals surface area contributed by atoms with E-state index in [-0.39, 0.29) is 0 Å². The van der Waals surface area contributed by atoms with E-state index in [9.17, 15) is 0 Å². The molecule has 5 nitrogen and oxygen atoms in total. The summed E-state index contributed by atoms with van der Waals surface area (Å²) in [5, 5.41) is 3.22. The molecule has 1 aromatic heterocycles. The molecule has 1 atom stereocenters. The molecule has 1 saturated heterocycles.